The van der Waals surface area contributed by atoms with E-state index in [1.165, 1.54) is 24.7 Å². The third-order valence-electron chi connectivity index (χ3n) is 6.77. The number of benzene rings is 1. The number of hydrogen-bond acceptors (Lipinski definition) is 6. The summed E-state index contributed by atoms with van der Waals surface area (Å²) in [5.41, 5.74) is -0.444. The molecule has 3 heterocycles. The summed E-state index contributed by atoms with van der Waals surface area (Å²) in [5, 5.41) is 8.38. The number of rotatable bonds is 8. The summed E-state index contributed by atoms with van der Waals surface area (Å²) in [4.78, 5) is 21.5. The first-order valence-electron chi connectivity index (χ1n) is 12.3. The lowest BCUT2D eigenvalue weighted by atomic mass is 10.2. The monoisotopic (exact) mass is 597 g/mol. The van der Waals surface area contributed by atoms with Gasteiger partial charge in [-0.3, -0.25) is 4.57 Å². The van der Waals surface area contributed by atoms with Crippen molar-refractivity contribution in [1.82, 2.24) is 34.1 Å². The fourth-order valence-corrected chi connectivity index (χ4v) is 4.98. The summed E-state index contributed by atoms with van der Waals surface area (Å²) in [6.07, 6.45) is -4.40. The summed E-state index contributed by atoms with van der Waals surface area (Å²) in [6.45, 7) is 7.83. The molecule has 0 spiro atoms. The van der Waals surface area contributed by atoms with Gasteiger partial charge in [-0.15, -0.1) is 10.2 Å². The molecule has 1 aromatic carbocycles. The molecule has 0 saturated carbocycles. The largest absolute Gasteiger partial charge is 0.415 e. The third kappa shape index (κ3) is 6.34. The molecule has 3 aromatic heterocycles. The smallest absolute Gasteiger partial charge is 0.404 e. The molecule has 15 heteroatoms. The number of nitrogens with zero attached hydrogens (tertiary/aromatic N) is 7. The first-order valence-corrected chi connectivity index (χ1v) is 15.5. The van der Waals surface area contributed by atoms with E-state index in [2.05, 4.69) is 20.2 Å². The molecule has 0 bridgehead atoms. The van der Waals surface area contributed by atoms with E-state index in [0.29, 0.717) is 10.6 Å². The van der Waals surface area contributed by atoms with Gasteiger partial charge in [-0.1, -0.05) is 32.4 Å². The lowest BCUT2D eigenvalue weighted by Gasteiger charge is -2.39. The Morgan fingerprint density at radius 3 is 2.33 bits per heavy atom. The third-order valence-corrected chi connectivity index (χ3v) is 11.5. The fourth-order valence-electron chi connectivity index (χ4n) is 3.58. The molecule has 0 aliphatic heterocycles. The highest BCUT2D eigenvalue weighted by Crippen LogP contribution is 2.40. The summed E-state index contributed by atoms with van der Waals surface area (Å²) in [7, 11) is -2.88. The van der Waals surface area contributed by atoms with Crippen LogP contribution in [-0.4, -0.2) is 54.7 Å². The number of pyridine rings is 1. The van der Waals surface area contributed by atoms with Crippen molar-refractivity contribution in [1.29, 1.82) is 0 Å². The standard InChI is InChI=1S/C25H28ClF4N7O2Si/c1-24(2,3)40(4,5)39-19(25(28,29)30)13-35-21(16-8-10-17(26)11-9-16)34-36(23(35)38)14-20-32-15-37(33-20)22-18(27)7-6-12-31-22/h6-12,15,19H,13-14H2,1-5H3. The Kier molecular flexibility index (Phi) is 8.07. The molecule has 4 rings (SSSR count). The highest BCUT2D eigenvalue weighted by atomic mass is 35.5. The molecule has 9 nitrogen and oxygen atoms in total. The molecule has 0 aliphatic carbocycles. The van der Waals surface area contributed by atoms with Crippen molar-refractivity contribution in [3.05, 3.63) is 76.1 Å². The van der Waals surface area contributed by atoms with Crippen molar-refractivity contribution in [3.63, 3.8) is 0 Å². The van der Waals surface area contributed by atoms with Gasteiger partial charge in [0.25, 0.3) is 0 Å². The van der Waals surface area contributed by atoms with Gasteiger partial charge in [0.2, 0.25) is 0 Å². The lowest BCUT2D eigenvalue weighted by Crippen LogP contribution is -2.50. The minimum absolute atomic E-state index is 0.00930. The molecule has 4 aromatic rings. The maximum Gasteiger partial charge on any atom is 0.415 e. The molecular formula is C25H28ClF4N7O2Si. The van der Waals surface area contributed by atoms with Crippen LogP contribution in [0.15, 0.2) is 53.7 Å². The summed E-state index contributed by atoms with van der Waals surface area (Å²) >= 11 is 6.00. The molecule has 0 aliphatic rings. The zero-order valence-electron chi connectivity index (χ0n) is 22.4. The maximum absolute atomic E-state index is 14.3. The molecule has 214 valence electrons. The van der Waals surface area contributed by atoms with E-state index >= 15 is 0 Å². The topological polar surface area (TPSA) is 92.7 Å². The number of hydrogen-bond donors (Lipinski definition) is 0. The van der Waals surface area contributed by atoms with Crippen molar-refractivity contribution >= 4 is 19.9 Å². The number of aromatic nitrogens is 7. The first kappa shape index (κ1) is 29.6. The predicted molar refractivity (Wildman–Crippen MR) is 143 cm³/mol. The van der Waals surface area contributed by atoms with Gasteiger partial charge in [-0.05, 0) is 54.5 Å². The molecule has 40 heavy (non-hydrogen) atoms. The number of alkyl halides is 3. The summed E-state index contributed by atoms with van der Waals surface area (Å²) < 4.78 is 65.7. The molecule has 0 amide bonds. The predicted octanol–water partition coefficient (Wildman–Crippen LogP) is 5.48. The molecule has 0 fully saturated rings. The van der Waals surface area contributed by atoms with Crippen molar-refractivity contribution in [3.8, 4) is 17.2 Å². The normalized spacial score (nSPS) is 13.6. The summed E-state index contributed by atoms with van der Waals surface area (Å²) in [5.74, 6) is -0.670. The van der Waals surface area contributed by atoms with Gasteiger partial charge in [0, 0.05) is 16.8 Å². The van der Waals surface area contributed by atoms with Crippen LogP contribution in [0.25, 0.3) is 17.2 Å². The van der Waals surface area contributed by atoms with Gasteiger partial charge in [-0.25, -0.2) is 23.8 Å². The van der Waals surface area contributed by atoms with E-state index in [4.69, 9.17) is 16.0 Å². The van der Waals surface area contributed by atoms with E-state index in [1.807, 2.05) is 20.8 Å². The van der Waals surface area contributed by atoms with E-state index in [1.54, 1.807) is 37.4 Å². The van der Waals surface area contributed by atoms with E-state index in [-0.39, 0.29) is 24.0 Å². The molecular weight excluding hydrogens is 570 g/mol. The zero-order chi connectivity index (χ0) is 29.5. The SMILES string of the molecule is CC(C)(C)[Si](C)(C)OC(Cn1c(-c2ccc(Cl)cc2)nn(Cc2ncn(-c3ncccc3F)n2)c1=O)C(F)(F)F. The van der Waals surface area contributed by atoms with Crippen LogP contribution in [0.5, 0.6) is 0 Å². The average Bonchev–Trinajstić information content (AvgIpc) is 3.43. The Hall–Kier alpha value is -3.36. The van der Waals surface area contributed by atoms with Gasteiger partial charge < -0.3 is 4.43 Å². The van der Waals surface area contributed by atoms with Gasteiger partial charge in [0.15, 0.2) is 37.7 Å². The van der Waals surface area contributed by atoms with Crippen LogP contribution in [0.4, 0.5) is 17.6 Å². The van der Waals surface area contributed by atoms with E-state index in [0.717, 1.165) is 13.9 Å². The fraction of sp³-hybridized carbons (Fsp3) is 0.400. The van der Waals surface area contributed by atoms with Crippen molar-refractivity contribution < 1.29 is 22.0 Å². The molecule has 1 atom stereocenters. The first-order chi connectivity index (χ1) is 18.6. The minimum atomic E-state index is -4.75. The highest BCUT2D eigenvalue weighted by Gasteiger charge is 2.48. The molecule has 0 saturated heterocycles. The quantitative estimate of drug-likeness (QED) is 0.197. The average molecular weight is 598 g/mol. The van der Waals surface area contributed by atoms with Crippen LogP contribution >= 0.6 is 11.6 Å². The van der Waals surface area contributed by atoms with Crippen LogP contribution in [0.1, 0.15) is 26.6 Å². The molecule has 0 radical (unpaired) electrons. The zero-order valence-corrected chi connectivity index (χ0v) is 24.2. The van der Waals surface area contributed by atoms with Gasteiger partial charge in [0.05, 0.1) is 6.54 Å². The second-order valence-electron chi connectivity index (χ2n) is 10.7. The van der Waals surface area contributed by atoms with Gasteiger partial charge in [-0.2, -0.15) is 17.9 Å². The van der Waals surface area contributed by atoms with Crippen LogP contribution in [0.3, 0.4) is 0 Å². The van der Waals surface area contributed by atoms with E-state index < -0.39 is 43.7 Å². The van der Waals surface area contributed by atoms with Crippen molar-refractivity contribution in [2.75, 3.05) is 0 Å². The second kappa shape index (κ2) is 10.9. The summed E-state index contributed by atoms with van der Waals surface area (Å²) in [6, 6.07) is 8.82. The van der Waals surface area contributed by atoms with Crippen LogP contribution in [-0.2, 0) is 17.5 Å². The maximum atomic E-state index is 14.3. The van der Waals surface area contributed by atoms with Crippen molar-refractivity contribution in [2.24, 2.45) is 0 Å². The Balaban J connectivity index is 1.74. The van der Waals surface area contributed by atoms with Crippen LogP contribution in [0.2, 0.25) is 23.2 Å². The Morgan fingerprint density at radius 2 is 1.73 bits per heavy atom. The minimum Gasteiger partial charge on any atom is -0.404 e. The van der Waals surface area contributed by atoms with Crippen LogP contribution < -0.4 is 5.69 Å². The molecule has 0 N–H and O–H groups in total. The molecule has 1 unspecified atom stereocenters. The van der Waals surface area contributed by atoms with Gasteiger partial charge in [0.1, 0.15) is 12.9 Å². The highest BCUT2D eigenvalue weighted by molar-refractivity contribution is 6.74. The second-order valence-corrected chi connectivity index (χ2v) is 15.9. The van der Waals surface area contributed by atoms with Gasteiger partial charge >= 0.3 is 11.9 Å². The Bertz CT molecular complexity index is 1540. The number of halogens is 5. The Morgan fingerprint density at radius 1 is 1.05 bits per heavy atom. The van der Waals surface area contributed by atoms with E-state index in [9.17, 15) is 22.4 Å². The Labute approximate surface area is 233 Å². The van der Waals surface area contributed by atoms with Crippen LogP contribution in [0, 0.1) is 5.82 Å². The van der Waals surface area contributed by atoms with Crippen molar-refractivity contribution in [2.45, 2.75) is 64.3 Å². The lowest BCUT2D eigenvalue weighted by molar-refractivity contribution is -0.202.